The maximum Gasteiger partial charge on any atom is 0.256 e. The summed E-state index contributed by atoms with van der Waals surface area (Å²) in [5.41, 5.74) is 5.54. The maximum atomic E-state index is 13.4. The van der Waals surface area contributed by atoms with Crippen LogP contribution in [-0.2, 0) is 0 Å². The molecular weight excluding hydrogens is 219 g/mol. The monoisotopic (exact) mass is 238 g/mol. The molecule has 0 radical (unpaired) electrons. The Kier molecular flexibility index (Phi) is 4.23. The predicted octanol–water partition coefficient (Wildman–Crippen LogP) is 1.88. The van der Waals surface area contributed by atoms with Gasteiger partial charge in [-0.2, -0.15) is 0 Å². The molecule has 0 heterocycles. The van der Waals surface area contributed by atoms with Gasteiger partial charge in [0.1, 0.15) is 5.82 Å². The van der Waals surface area contributed by atoms with E-state index in [4.69, 9.17) is 5.73 Å². The molecule has 3 nitrogen and oxygen atoms in total. The number of carbonyl (C=O) groups is 1. The molecule has 2 N–H and O–H groups in total. The van der Waals surface area contributed by atoms with Crippen LogP contribution in [0, 0.1) is 11.2 Å². The molecule has 94 valence electrons. The summed E-state index contributed by atoms with van der Waals surface area (Å²) in [6, 6.07) is 5.99. The predicted molar refractivity (Wildman–Crippen MR) is 66.2 cm³/mol. The minimum absolute atomic E-state index is 0.0998. The minimum atomic E-state index is -0.491. The van der Waals surface area contributed by atoms with Crippen molar-refractivity contribution in [3.63, 3.8) is 0 Å². The molecule has 0 aliphatic carbocycles. The first-order valence-corrected chi connectivity index (χ1v) is 5.57. The molecule has 0 saturated heterocycles. The highest BCUT2D eigenvalue weighted by molar-refractivity contribution is 5.94. The smallest absolute Gasteiger partial charge is 0.256 e. The molecule has 0 unspecified atom stereocenters. The molecule has 0 aliphatic rings. The Morgan fingerprint density at radius 3 is 2.53 bits per heavy atom. The lowest BCUT2D eigenvalue weighted by Crippen LogP contribution is -2.40. The third kappa shape index (κ3) is 3.53. The van der Waals surface area contributed by atoms with E-state index in [1.165, 1.54) is 17.0 Å². The molecule has 0 aromatic heterocycles. The van der Waals surface area contributed by atoms with Gasteiger partial charge in [-0.3, -0.25) is 4.79 Å². The Morgan fingerprint density at radius 1 is 1.41 bits per heavy atom. The van der Waals surface area contributed by atoms with Crippen LogP contribution in [0.15, 0.2) is 24.3 Å². The van der Waals surface area contributed by atoms with Gasteiger partial charge in [0.25, 0.3) is 5.91 Å². The number of halogens is 1. The topological polar surface area (TPSA) is 46.3 Å². The molecule has 0 fully saturated rings. The van der Waals surface area contributed by atoms with Crippen molar-refractivity contribution in [2.45, 2.75) is 13.8 Å². The van der Waals surface area contributed by atoms with Gasteiger partial charge in [-0.15, -0.1) is 0 Å². The lowest BCUT2D eigenvalue weighted by Gasteiger charge is -2.29. The molecule has 0 saturated carbocycles. The molecule has 0 bridgehead atoms. The zero-order valence-electron chi connectivity index (χ0n) is 10.5. The van der Waals surface area contributed by atoms with Crippen LogP contribution in [0.5, 0.6) is 0 Å². The summed E-state index contributed by atoms with van der Waals surface area (Å²) < 4.78 is 13.4. The second-order valence-corrected chi connectivity index (χ2v) is 5.01. The van der Waals surface area contributed by atoms with Crippen LogP contribution in [-0.4, -0.2) is 30.9 Å². The number of nitrogens with two attached hydrogens (primary N) is 1. The standard InChI is InChI=1S/C13H19FN2O/c1-13(2,8-15)9-16(3)12(17)10-6-4-5-7-11(10)14/h4-7H,8-9,15H2,1-3H3. The van der Waals surface area contributed by atoms with Gasteiger partial charge in [-0.05, 0) is 24.1 Å². The van der Waals surface area contributed by atoms with E-state index in [2.05, 4.69) is 0 Å². The van der Waals surface area contributed by atoms with E-state index in [9.17, 15) is 9.18 Å². The number of hydrogen-bond donors (Lipinski definition) is 1. The fourth-order valence-electron chi connectivity index (χ4n) is 1.62. The zero-order chi connectivity index (χ0) is 13.1. The lowest BCUT2D eigenvalue weighted by atomic mass is 9.93. The maximum absolute atomic E-state index is 13.4. The second kappa shape index (κ2) is 5.27. The summed E-state index contributed by atoms with van der Waals surface area (Å²) in [7, 11) is 1.66. The summed E-state index contributed by atoms with van der Waals surface area (Å²) in [6.45, 7) is 4.91. The fraction of sp³-hybridized carbons (Fsp3) is 0.462. The molecule has 1 aromatic carbocycles. The average Bonchev–Trinajstić information content (AvgIpc) is 2.28. The number of carbonyl (C=O) groups excluding carboxylic acids is 1. The van der Waals surface area contributed by atoms with Crippen LogP contribution in [0.1, 0.15) is 24.2 Å². The molecule has 1 rings (SSSR count). The molecule has 1 amide bonds. The number of benzene rings is 1. The van der Waals surface area contributed by atoms with Gasteiger partial charge >= 0.3 is 0 Å². The van der Waals surface area contributed by atoms with E-state index in [-0.39, 0.29) is 16.9 Å². The Bertz CT molecular complexity index is 404. The summed E-state index contributed by atoms with van der Waals surface area (Å²) >= 11 is 0. The molecule has 1 aromatic rings. The van der Waals surface area contributed by atoms with Crippen molar-refractivity contribution >= 4 is 5.91 Å². The first kappa shape index (κ1) is 13.6. The van der Waals surface area contributed by atoms with E-state index in [0.29, 0.717) is 13.1 Å². The number of hydrogen-bond acceptors (Lipinski definition) is 2. The van der Waals surface area contributed by atoms with Crippen molar-refractivity contribution in [3.05, 3.63) is 35.6 Å². The summed E-state index contributed by atoms with van der Waals surface area (Å²) in [6.07, 6.45) is 0. The van der Waals surface area contributed by atoms with Gasteiger partial charge in [-0.25, -0.2) is 4.39 Å². The van der Waals surface area contributed by atoms with E-state index < -0.39 is 5.82 Å². The molecule has 17 heavy (non-hydrogen) atoms. The van der Waals surface area contributed by atoms with Gasteiger partial charge in [-0.1, -0.05) is 26.0 Å². The Morgan fingerprint density at radius 2 is 2.00 bits per heavy atom. The van der Waals surface area contributed by atoms with Gasteiger partial charge in [0.05, 0.1) is 5.56 Å². The highest BCUT2D eigenvalue weighted by Gasteiger charge is 2.23. The third-order valence-corrected chi connectivity index (χ3v) is 2.67. The highest BCUT2D eigenvalue weighted by atomic mass is 19.1. The van der Waals surface area contributed by atoms with Crippen molar-refractivity contribution < 1.29 is 9.18 Å². The first-order valence-electron chi connectivity index (χ1n) is 5.57. The van der Waals surface area contributed by atoms with Crippen LogP contribution in [0.2, 0.25) is 0 Å². The number of nitrogens with zero attached hydrogens (tertiary/aromatic N) is 1. The zero-order valence-corrected chi connectivity index (χ0v) is 10.5. The van der Waals surface area contributed by atoms with E-state index in [1.807, 2.05) is 13.8 Å². The molecule has 4 heteroatoms. The van der Waals surface area contributed by atoms with Gasteiger partial charge < -0.3 is 10.6 Å². The van der Waals surface area contributed by atoms with Crippen LogP contribution in [0.25, 0.3) is 0 Å². The third-order valence-electron chi connectivity index (χ3n) is 2.67. The van der Waals surface area contributed by atoms with Crippen molar-refractivity contribution in [3.8, 4) is 0 Å². The van der Waals surface area contributed by atoms with Crippen molar-refractivity contribution in [1.82, 2.24) is 4.90 Å². The SMILES string of the molecule is CN(CC(C)(C)CN)C(=O)c1ccccc1F. The Balaban J connectivity index is 2.81. The minimum Gasteiger partial charge on any atom is -0.341 e. The van der Waals surface area contributed by atoms with Gasteiger partial charge in [0, 0.05) is 13.6 Å². The van der Waals surface area contributed by atoms with Gasteiger partial charge in [0.2, 0.25) is 0 Å². The van der Waals surface area contributed by atoms with Crippen molar-refractivity contribution in [2.75, 3.05) is 20.1 Å². The highest BCUT2D eigenvalue weighted by Crippen LogP contribution is 2.16. The molecule has 0 spiro atoms. The molecule has 0 atom stereocenters. The summed E-state index contributed by atoms with van der Waals surface area (Å²) in [5.74, 6) is -0.806. The Labute approximate surface area is 101 Å². The average molecular weight is 238 g/mol. The molecule has 0 aliphatic heterocycles. The van der Waals surface area contributed by atoms with Crippen LogP contribution in [0.3, 0.4) is 0 Å². The summed E-state index contributed by atoms with van der Waals surface area (Å²) in [5, 5.41) is 0. The largest absolute Gasteiger partial charge is 0.341 e. The Hall–Kier alpha value is -1.42. The van der Waals surface area contributed by atoms with E-state index in [0.717, 1.165) is 0 Å². The van der Waals surface area contributed by atoms with E-state index in [1.54, 1.807) is 19.2 Å². The number of amides is 1. The fourth-order valence-corrected chi connectivity index (χ4v) is 1.62. The normalized spacial score (nSPS) is 11.4. The van der Waals surface area contributed by atoms with Gasteiger partial charge in [0.15, 0.2) is 0 Å². The van der Waals surface area contributed by atoms with Crippen LogP contribution < -0.4 is 5.73 Å². The first-order chi connectivity index (χ1) is 7.87. The van der Waals surface area contributed by atoms with Crippen molar-refractivity contribution in [2.24, 2.45) is 11.1 Å². The lowest BCUT2D eigenvalue weighted by molar-refractivity contribution is 0.0736. The second-order valence-electron chi connectivity index (χ2n) is 5.01. The van der Waals surface area contributed by atoms with E-state index >= 15 is 0 Å². The van der Waals surface area contributed by atoms with Crippen molar-refractivity contribution in [1.29, 1.82) is 0 Å². The summed E-state index contributed by atoms with van der Waals surface area (Å²) in [4.78, 5) is 13.5. The van der Waals surface area contributed by atoms with Crippen LogP contribution in [0.4, 0.5) is 4.39 Å². The quantitative estimate of drug-likeness (QED) is 0.870. The number of rotatable bonds is 4. The van der Waals surface area contributed by atoms with Crippen LogP contribution >= 0.6 is 0 Å². The molecular formula is C13H19FN2O.